The van der Waals surface area contributed by atoms with Crippen LogP contribution in [0.4, 0.5) is 0 Å². The Morgan fingerprint density at radius 1 is 0.950 bits per heavy atom. The number of ketones is 1. The second-order valence-electron chi connectivity index (χ2n) is 10.2. The Morgan fingerprint density at radius 2 is 1.60 bits per heavy atom. The third kappa shape index (κ3) is 5.69. The summed E-state index contributed by atoms with van der Waals surface area (Å²) in [5, 5.41) is 32.0. The molecule has 0 saturated carbocycles. The molecule has 1 aliphatic heterocycles. The van der Waals surface area contributed by atoms with Gasteiger partial charge in [0.05, 0.1) is 31.5 Å². The number of carbonyl (C=O) groups excluding carboxylic acids is 2. The van der Waals surface area contributed by atoms with E-state index < -0.39 is 23.1 Å². The fourth-order valence-electron chi connectivity index (χ4n) is 4.92. The van der Waals surface area contributed by atoms with Crippen molar-refractivity contribution in [1.82, 2.24) is 0 Å². The van der Waals surface area contributed by atoms with E-state index in [0.29, 0.717) is 59.1 Å². The van der Waals surface area contributed by atoms with Crippen LogP contribution in [0.15, 0.2) is 17.9 Å². The third-order valence-corrected chi connectivity index (χ3v) is 7.39. The second kappa shape index (κ2) is 12.5. The molecule has 1 unspecified atom stereocenters. The van der Waals surface area contributed by atoms with Gasteiger partial charge in [0.2, 0.25) is 0 Å². The smallest absolute Gasteiger partial charge is 0.358 e. The molecule has 9 nitrogen and oxygen atoms in total. The van der Waals surface area contributed by atoms with Crippen LogP contribution in [0.5, 0.6) is 23.0 Å². The van der Waals surface area contributed by atoms with Crippen molar-refractivity contribution in [3.05, 3.63) is 51.3 Å². The van der Waals surface area contributed by atoms with E-state index in [9.17, 15) is 24.9 Å². The molecule has 1 atom stereocenters. The maximum atomic E-state index is 12.3. The SMILES string of the molecule is CCCc1c(OCCCCCOc2c(C)c(C)c3c(c2C)C(O)=C(O)C(C)(C(=O)OC)O3)ccc(C(C)=O)c1O. The number of Topliss-reactive ketones (excluding diaryl/α,β-unsaturated/α-hetero) is 1. The molecule has 2 aromatic rings. The van der Waals surface area contributed by atoms with Crippen LogP contribution in [0, 0.1) is 20.8 Å². The lowest BCUT2D eigenvalue weighted by Crippen LogP contribution is -2.47. The number of carbonyl (C=O) groups is 2. The molecule has 3 N–H and O–H groups in total. The van der Waals surface area contributed by atoms with Gasteiger partial charge < -0.3 is 34.3 Å². The van der Waals surface area contributed by atoms with E-state index in [1.54, 1.807) is 26.0 Å². The number of rotatable bonds is 12. The normalized spacial score (nSPS) is 16.3. The fourth-order valence-corrected chi connectivity index (χ4v) is 4.92. The molecule has 40 heavy (non-hydrogen) atoms. The van der Waals surface area contributed by atoms with E-state index in [1.807, 2.05) is 13.8 Å². The van der Waals surface area contributed by atoms with Crippen molar-refractivity contribution in [3.8, 4) is 23.0 Å². The van der Waals surface area contributed by atoms with Gasteiger partial charge in [0.15, 0.2) is 17.3 Å². The molecule has 0 fully saturated rings. The number of ether oxygens (including phenoxy) is 4. The van der Waals surface area contributed by atoms with Crippen LogP contribution >= 0.6 is 0 Å². The molecule has 3 rings (SSSR count). The summed E-state index contributed by atoms with van der Waals surface area (Å²) in [4.78, 5) is 24.1. The minimum atomic E-state index is -1.86. The van der Waals surface area contributed by atoms with Crippen molar-refractivity contribution in [1.29, 1.82) is 0 Å². The summed E-state index contributed by atoms with van der Waals surface area (Å²) < 4.78 is 22.7. The number of phenolic OH excluding ortho intramolecular Hbond substituents is 1. The molecule has 0 aromatic heterocycles. The number of benzene rings is 2. The summed E-state index contributed by atoms with van der Waals surface area (Å²) in [6.45, 7) is 11.1. The van der Waals surface area contributed by atoms with Gasteiger partial charge in [-0.25, -0.2) is 4.79 Å². The van der Waals surface area contributed by atoms with Gasteiger partial charge in [0.1, 0.15) is 23.0 Å². The Balaban J connectivity index is 1.63. The van der Waals surface area contributed by atoms with Gasteiger partial charge in [-0.2, -0.15) is 0 Å². The van der Waals surface area contributed by atoms with Gasteiger partial charge in [-0.05, 0) is 83.6 Å². The van der Waals surface area contributed by atoms with E-state index in [-0.39, 0.29) is 17.1 Å². The van der Waals surface area contributed by atoms with Crippen molar-refractivity contribution in [2.45, 2.75) is 79.2 Å². The number of aliphatic hydroxyl groups is 2. The monoisotopic (exact) mass is 556 g/mol. The minimum Gasteiger partial charge on any atom is -0.507 e. The van der Waals surface area contributed by atoms with Gasteiger partial charge in [-0.3, -0.25) is 4.79 Å². The molecule has 0 spiro atoms. The zero-order valence-electron chi connectivity index (χ0n) is 24.4. The summed E-state index contributed by atoms with van der Waals surface area (Å²) in [5.41, 5.74) is 1.47. The summed E-state index contributed by atoms with van der Waals surface area (Å²) >= 11 is 0. The van der Waals surface area contributed by atoms with Crippen molar-refractivity contribution in [2.24, 2.45) is 0 Å². The molecular weight excluding hydrogens is 516 g/mol. The molecule has 0 saturated heterocycles. The Morgan fingerprint density at radius 3 is 2.20 bits per heavy atom. The first-order chi connectivity index (χ1) is 18.9. The van der Waals surface area contributed by atoms with Crippen LogP contribution in [0.2, 0.25) is 0 Å². The van der Waals surface area contributed by atoms with Gasteiger partial charge in [0.25, 0.3) is 5.60 Å². The number of esters is 1. The van der Waals surface area contributed by atoms with E-state index in [0.717, 1.165) is 31.2 Å². The van der Waals surface area contributed by atoms with Gasteiger partial charge >= 0.3 is 5.97 Å². The number of phenols is 1. The summed E-state index contributed by atoms with van der Waals surface area (Å²) in [5.74, 6) is -0.588. The Bertz CT molecular complexity index is 1330. The molecule has 1 heterocycles. The highest BCUT2D eigenvalue weighted by atomic mass is 16.6. The molecule has 9 heteroatoms. The third-order valence-electron chi connectivity index (χ3n) is 7.39. The standard InChI is InChI=1S/C31H40O9/c1-8-12-22-23(14-13-21(20(5)32)25(22)33)38-15-10-9-11-16-39-27-17(2)18(3)28-24(19(27)4)26(34)29(35)31(6,40-28)30(36)37-7/h13-14,33-35H,8-12,15-16H2,1-7H3. The van der Waals surface area contributed by atoms with E-state index in [1.165, 1.54) is 21.0 Å². The first-order valence-corrected chi connectivity index (χ1v) is 13.6. The maximum Gasteiger partial charge on any atom is 0.358 e. The molecular formula is C31H40O9. The van der Waals surface area contributed by atoms with Crippen molar-refractivity contribution < 1.29 is 43.9 Å². The number of aromatic hydroxyl groups is 1. The predicted octanol–water partition coefficient (Wildman–Crippen LogP) is 6.21. The molecule has 0 aliphatic carbocycles. The van der Waals surface area contributed by atoms with Crippen LogP contribution in [0.3, 0.4) is 0 Å². The predicted molar refractivity (Wildman–Crippen MR) is 151 cm³/mol. The lowest BCUT2D eigenvalue weighted by Gasteiger charge is -2.35. The fraction of sp³-hybridized carbons (Fsp3) is 0.484. The Kier molecular flexibility index (Phi) is 9.60. The second-order valence-corrected chi connectivity index (χ2v) is 10.2. The topological polar surface area (TPSA) is 132 Å². The first-order valence-electron chi connectivity index (χ1n) is 13.6. The van der Waals surface area contributed by atoms with Crippen LogP contribution in [-0.2, 0) is 16.0 Å². The van der Waals surface area contributed by atoms with Gasteiger partial charge in [-0.15, -0.1) is 0 Å². The number of methoxy groups -OCH3 is 1. The van der Waals surface area contributed by atoms with E-state index in [2.05, 4.69) is 0 Å². The van der Waals surface area contributed by atoms with Crippen LogP contribution in [0.25, 0.3) is 5.76 Å². The highest BCUT2D eigenvalue weighted by Crippen LogP contribution is 2.47. The largest absolute Gasteiger partial charge is 0.507 e. The number of aliphatic hydroxyl groups excluding tert-OH is 2. The van der Waals surface area contributed by atoms with Crippen LogP contribution in [-0.4, -0.2) is 53.0 Å². The zero-order valence-corrected chi connectivity index (χ0v) is 24.4. The number of hydrogen-bond acceptors (Lipinski definition) is 9. The Labute approximate surface area is 235 Å². The molecule has 2 aromatic carbocycles. The minimum absolute atomic E-state index is 0.000792. The average molecular weight is 557 g/mol. The van der Waals surface area contributed by atoms with Crippen LogP contribution in [0.1, 0.15) is 84.6 Å². The molecule has 218 valence electrons. The maximum absolute atomic E-state index is 12.3. The number of fused-ring (bicyclic) bond motifs is 1. The van der Waals surface area contributed by atoms with Gasteiger partial charge in [-0.1, -0.05) is 13.3 Å². The average Bonchev–Trinajstić information content (AvgIpc) is 2.92. The van der Waals surface area contributed by atoms with Crippen molar-refractivity contribution in [2.75, 3.05) is 20.3 Å². The molecule has 0 bridgehead atoms. The summed E-state index contributed by atoms with van der Waals surface area (Å²) in [6.07, 6.45) is 3.77. The van der Waals surface area contributed by atoms with Crippen LogP contribution < -0.4 is 14.2 Å². The Hall–Kier alpha value is -3.88. The lowest BCUT2D eigenvalue weighted by molar-refractivity contribution is -0.157. The lowest BCUT2D eigenvalue weighted by atomic mass is 9.90. The van der Waals surface area contributed by atoms with E-state index >= 15 is 0 Å². The first kappa shape index (κ1) is 30.7. The molecule has 0 radical (unpaired) electrons. The highest BCUT2D eigenvalue weighted by molar-refractivity contribution is 5.97. The summed E-state index contributed by atoms with van der Waals surface area (Å²) in [6, 6.07) is 3.34. The summed E-state index contributed by atoms with van der Waals surface area (Å²) in [7, 11) is 1.19. The number of hydrogen-bond donors (Lipinski definition) is 3. The quantitative estimate of drug-likeness (QED) is 0.159. The molecule has 0 amide bonds. The van der Waals surface area contributed by atoms with E-state index in [4.69, 9.17) is 18.9 Å². The highest BCUT2D eigenvalue weighted by Gasteiger charge is 2.49. The van der Waals surface area contributed by atoms with Crippen molar-refractivity contribution >= 4 is 17.5 Å². The van der Waals surface area contributed by atoms with Crippen molar-refractivity contribution in [3.63, 3.8) is 0 Å². The number of unbranched alkanes of at least 4 members (excludes halogenated alkanes) is 2. The van der Waals surface area contributed by atoms with Gasteiger partial charge in [0, 0.05) is 11.1 Å². The molecule has 1 aliphatic rings. The zero-order chi connectivity index (χ0) is 29.8.